The Morgan fingerprint density at radius 2 is 1.76 bits per heavy atom. The molecule has 2 aromatic heterocycles. The van der Waals surface area contributed by atoms with Gasteiger partial charge in [0, 0.05) is 23.8 Å². The van der Waals surface area contributed by atoms with Crippen LogP contribution in [0.25, 0.3) is 11.0 Å². The van der Waals surface area contributed by atoms with E-state index < -0.39 is 26.0 Å². The number of aryl methyl sites for hydroxylation is 1. The van der Waals surface area contributed by atoms with Gasteiger partial charge in [-0.25, -0.2) is 35.3 Å². The molecular weight excluding hydrogens is 516 g/mol. The first-order valence-electron chi connectivity index (χ1n) is 12.2. The molecule has 0 spiro atoms. The maximum Gasteiger partial charge on any atom is 0.341 e. The zero-order chi connectivity index (χ0) is 26.8. The van der Waals surface area contributed by atoms with Crippen molar-refractivity contribution in [1.29, 1.82) is 0 Å². The molecule has 0 saturated heterocycles. The molecule has 37 heavy (non-hydrogen) atoms. The Labute approximate surface area is 217 Å². The van der Waals surface area contributed by atoms with Gasteiger partial charge < -0.3 is 10.1 Å². The van der Waals surface area contributed by atoms with Crippen LogP contribution in [-0.4, -0.2) is 57.2 Å². The molecule has 2 N–H and O–H groups in total. The van der Waals surface area contributed by atoms with E-state index in [1.54, 1.807) is 37.3 Å². The summed E-state index contributed by atoms with van der Waals surface area (Å²) < 4.78 is 59.3. The van der Waals surface area contributed by atoms with Crippen LogP contribution in [0.1, 0.15) is 48.5 Å². The quantitative estimate of drug-likeness (QED) is 0.389. The van der Waals surface area contributed by atoms with Crippen LogP contribution < -0.4 is 10.0 Å². The van der Waals surface area contributed by atoms with Gasteiger partial charge in [-0.05, 0) is 70.7 Å². The fourth-order valence-corrected chi connectivity index (χ4v) is 7.09. The highest BCUT2D eigenvalue weighted by atomic mass is 32.2. The summed E-state index contributed by atoms with van der Waals surface area (Å²) in [7, 11) is -5.78. The number of pyridine rings is 1. The first-order chi connectivity index (χ1) is 17.6. The number of esters is 1. The summed E-state index contributed by atoms with van der Waals surface area (Å²) in [6, 6.07) is 8.17. The Balaban J connectivity index is 1.67. The molecule has 10 nitrogen and oxygen atoms in total. The van der Waals surface area contributed by atoms with Gasteiger partial charge in [-0.15, -0.1) is 0 Å². The Hall–Kier alpha value is -2.96. The SMILES string of the molecule is CCOC(=O)c1cnc2c(ccn2S(=O)(=O)c2ccc(C)cc2)c1N[C@H]1CC[C@H](CS(=O)(=O)NC)CC1. The maximum absolute atomic E-state index is 13.4. The van der Waals surface area contributed by atoms with Crippen LogP contribution in [0.4, 0.5) is 5.69 Å². The van der Waals surface area contributed by atoms with Crippen LogP contribution in [0.5, 0.6) is 0 Å². The van der Waals surface area contributed by atoms with Crippen molar-refractivity contribution >= 4 is 42.7 Å². The van der Waals surface area contributed by atoms with Gasteiger partial charge in [0.25, 0.3) is 10.0 Å². The number of ether oxygens (including phenoxy) is 1. The third-order valence-corrected chi connectivity index (χ3v) is 9.93. The molecule has 4 rings (SSSR count). The van der Waals surface area contributed by atoms with Gasteiger partial charge in [-0.3, -0.25) is 0 Å². The molecule has 1 fully saturated rings. The van der Waals surface area contributed by atoms with Crippen molar-refractivity contribution in [2.24, 2.45) is 5.92 Å². The number of sulfonamides is 1. The van der Waals surface area contributed by atoms with Crippen LogP contribution in [0, 0.1) is 12.8 Å². The fourth-order valence-electron chi connectivity index (χ4n) is 4.67. The second kappa shape index (κ2) is 10.8. The minimum Gasteiger partial charge on any atom is -0.462 e. The molecule has 1 aliphatic carbocycles. The minimum atomic E-state index is -3.91. The maximum atomic E-state index is 13.4. The lowest BCUT2D eigenvalue weighted by Gasteiger charge is -2.30. The number of benzene rings is 1. The largest absolute Gasteiger partial charge is 0.462 e. The van der Waals surface area contributed by atoms with Gasteiger partial charge in [0.2, 0.25) is 10.0 Å². The molecular formula is C25H32N4O6S2. The molecule has 2 heterocycles. The molecule has 1 aliphatic rings. The van der Waals surface area contributed by atoms with Gasteiger partial charge in [0.1, 0.15) is 5.56 Å². The van der Waals surface area contributed by atoms with Crippen molar-refractivity contribution in [3.8, 4) is 0 Å². The van der Waals surface area contributed by atoms with E-state index in [0.717, 1.165) is 9.54 Å². The molecule has 1 saturated carbocycles. The van der Waals surface area contributed by atoms with Gasteiger partial charge in [-0.2, -0.15) is 0 Å². The predicted molar refractivity (Wildman–Crippen MR) is 142 cm³/mol. The number of carbonyl (C=O) groups is 1. The van der Waals surface area contributed by atoms with E-state index in [-0.39, 0.29) is 40.4 Å². The van der Waals surface area contributed by atoms with Gasteiger partial charge >= 0.3 is 5.97 Å². The average Bonchev–Trinajstić information content (AvgIpc) is 3.31. The molecule has 3 aromatic rings. The highest BCUT2D eigenvalue weighted by Gasteiger charge is 2.28. The van der Waals surface area contributed by atoms with Crippen molar-refractivity contribution < 1.29 is 26.4 Å². The van der Waals surface area contributed by atoms with E-state index in [0.29, 0.717) is 36.8 Å². The van der Waals surface area contributed by atoms with Crippen LogP contribution in [-0.2, 0) is 24.8 Å². The monoisotopic (exact) mass is 548 g/mol. The van der Waals surface area contributed by atoms with Crippen molar-refractivity contribution in [3.63, 3.8) is 0 Å². The Kier molecular flexibility index (Phi) is 7.91. The number of hydrogen-bond acceptors (Lipinski definition) is 8. The number of rotatable bonds is 9. The summed E-state index contributed by atoms with van der Waals surface area (Å²) in [6.07, 6.45) is 5.62. The number of nitrogens with one attached hydrogen (secondary N) is 2. The van der Waals surface area contributed by atoms with Crippen LogP contribution in [0.2, 0.25) is 0 Å². The Morgan fingerprint density at radius 3 is 2.38 bits per heavy atom. The number of carbonyl (C=O) groups excluding carboxylic acids is 1. The van der Waals surface area contributed by atoms with Crippen molar-refractivity contribution in [3.05, 3.63) is 53.9 Å². The minimum absolute atomic E-state index is 0.0237. The summed E-state index contributed by atoms with van der Waals surface area (Å²) in [6.45, 7) is 3.78. The third kappa shape index (κ3) is 5.81. The van der Waals surface area contributed by atoms with Crippen LogP contribution in [0.15, 0.2) is 47.6 Å². The third-order valence-electron chi connectivity index (χ3n) is 6.72. The lowest BCUT2D eigenvalue weighted by atomic mass is 9.87. The normalized spacial score (nSPS) is 18.6. The first kappa shape index (κ1) is 27.1. The Morgan fingerprint density at radius 1 is 1.08 bits per heavy atom. The van der Waals surface area contributed by atoms with Crippen molar-refractivity contribution in [2.45, 2.75) is 50.5 Å². The van der Waals surface area contributed by atoms with E-state index >= 15 is 0 Å². The van der Waals surface area contributed by atoms with Gasteiger partial charge in [0.05, 0.1) is 22.9 Å². The lowest BCUT2D eigenvalue weighted by molar-refractivity contribution is 0.0527. The van der Waals surface area contributed by atoms with Gasteiger partial charge in [0.15, 0.2) is 5.65 Å². The summed E-state index contributed by atoms with van der Waals surface area (Å²) in [5, 5.41) is 3.91. The number of nitrogens with zero attached hydrogens (tertiary/aromatic N) is 2. The summed E-state index contributed by atoms with van der Waals surface area (Å²) in [5.41, 5.74) is 1.83. The number of fused-ring (bicyclic) bond motifs is 1. The second-order valence-electron chi connectivity index (χ2n) is 9.28. The average molecular weight is 549 g/mol. The predicted octanol–water partition coefficient (Wildman–Crippen LogP) is 3.28. The molecule has 0 unspecified atom stereocenters. The molecule has 0 radical (unpaired) electrons. The summed E-state index contributed by atoms with van der Waals surface area (Å²) in [4.78, 5) is 17.2. The number of aromatic nitrogens is 2. The van der Waals surface area contributed by atoms with Crippen LogP contribution >= 0.6 is 0 Å². The smallest absolute Gasteiger partial charge is 0.341 e. The molecule has 0 bridgehead atoms. The zero-order valence-corrected chi connectivity index (χ0v) is 22.7. The van der Waals surface area contributed by atoms with Crippen LogP contribution in [0.3, 0.4) is 0 Å². The first-order valence-corrected chi connectivity index (χ1v) is 15.3. The van der Waals surface area contributed by atoms with E-state index in [1.165, 1.54) is 19.4 Å². The fraction of sp³-hybridized carbons (Fsp3) is 0.440. The zero-order valence-electron chi connectivity index (χ0n) is 21.1. The molecule has 1 aromatic carbocycles. The molecule has 12 heteroatoms. The molecule has 0 aliphatic heterocycles. The topological polar surface area (TPSA) is 136 Å². The molecule has 0 atom stereocenters. The van der Waals surface area contributed by atoms with Crippen molar-refractivity contribution in [1.82, 2.24) is 13.7 Å². The highest BCUT2D eigenvalue weighted by Crippen LogP contribution is 2.34. The van der Waals surface area contributed by atoms with E-state index in [2.05, 4.69) is 15.0 Å². The second-order valence-corrected chi connectivity index (χ2v) is 13.1. The molecule has 0 amide bonds. The highest BCUT2D eigenvalue weighted by molar-refractivity contribution is 7.90. The van der Waals surface area contributed by atoms with E-state index in [1.807, 2.05) is 6.92 Å². The lowest BCUT2D eigenvalue weighted by Crippen LogP contribution is -2.32. The molecule has 200 valence electrons. The van der Waals surface area contributed by atoms with Crippen molar-refractivity contribution in [2.75, 3.05) is 24.7 Å². The standard InChI is InChI=1S/C25H32N4O6S2/c1-4-35-25(30)22-15-27-24-21(13-14-29(24)37(33,34)20-11-5-17(2)6-12-20)23(22)28-19-9-7-18(8-10-19)16-36(31,32)26-3/h5-6,11-15,18-19,26H,4,7-10,16H2,1-3H3,(H,27,28)/t18-,19-. The van der Waals surface area contributed by atoms with Gasteiger partial charge in [-0.1, -0.05) is 17.7 Å². The summed E-state index contributed by atoms with van der Waals surface area (Å²) in [5.74, 6) is -0.413. The number of anilines is 1. The summed E-state index contributed by atoms with van der Waals surface area (Å²) >= 11 is 0. The Bertz CT molecular complexity index is 1490. The van der Waals surface area contributed by atoms with E-state index in [9.17, 15) is 21.6 Å². The number of hydrogen-bond donors (Lipinski definition) is 2. The van der Waals surface area contributed by atoms with E-state index in [4.69, 9.17) is 4.74 Å².